The zero-order chi connectivity index (χ0) is 35.3. The van der Waals surface area contributed by atoms with E-state index >= 15 is 0 Å². The van der Waals surface area contributed by atoms with Crippen molar-refractivity contribution in [3.05, 3.63) is 40.9 Å². The highest BCUT2D eigenvalue weighted by Crippen LogP contribution is 2.57. The molecule has 3 fully saturated rings. The quantitative estimate of drug-likeness (QED) is 0.371. The molecule has 2 aromatic rings. The van der Waals surface area contributed by atoms with Crippen LogP contribution in [0.2, 0.25) is 5.02 Å². The number of carbonyl (C=O) groups is 3. The molecule has 0 bridgehead atoms. The average Bonchev–Trinajstić information content (AvgIpc) is 3.91. The Morgan fingerprint density at radius 2 is 1.94 bits per heavy atom. The van der Waals surface area contributed by atoms with Gasteiger partial charge in [0.25, 0.3) is 0 Å². The van der Waals surface area contributed by atoms with E-state index < -0.39 is 44.3 Å². The van der Waals surface area contributed by atoms with Gasteiger partial charge >= 0.3 is 0 Å². The van der Waals surface area contributed by atoms with Crippen molar-refractivity contribution in [1.82, 2.24) is 14.6 Å². The number of hydrogen-bond donors (Lipinski definition) is 2. The number of nitrogens with one attached hydrogen (secondary N) is 1. The van der Waals surface area contributed by atoms with Crippen LogP contribution < -0.4 is 19.9 Å². The van der Waals surface area contributed by atoms with E-state index in [1.807, 2.05) is 39.0 Å². The maximum Gasteiger partial charge on any atom is 0.240 e. The first-order valence-corrected chi connectivity index (χ1v) is 19.3. The van der Waals surface area contributed by atoms with Crippen molar-refractivity contribution in [1.29, 1.82) is 0 Å². The van der Waals surface area contributed by atoms with Crippen LogP contribution in [0.3, 0.4) is 0 Å². The first-order chi connectivity index (χ1) is 23.1. The number of amides is 2. The maximum absolute atomic E-state index is 14.3. The molecule has 3 heterocycles. The number of benzene rings is 1. The molecule has 0 spiro atoms. The van der Waals surface area contributed by atoms with E-state index in [-0.39, 0.29) is 43.1 Å². The third-order valence-electron chi connectivity index (χ3n) is 10.7. The maximum atomic E-state index is 14.3. The molecule has 49 heavy (non-hydrogen) atoms. The van der Waals surface area contributed by atoms with Crippen LogP contribution in [0, 0.1) is 18.3 Å². The minimum atomic E-state index is -3.90. The molecule has 13 heteroatoms. The summed E-state index contributed by atoms with van der Waals surface area (Å²) in [4.78, 5) is 48.1. The Morgan fingerprint density at radius 3 is 2.65 bits per heavy atom. The summed E-state index contributed by atoms with van der Waals surface area (Å²) in [6.45, 7) is 7.41. The van der Waals surface area contributed by atoms with Gasteiger partial charge in [0.15, 0.2) is 5.78 Å². The Bertz CT molecular complexity index is 1790. The SMILES string of the molecule is Cc1c(Cl)ccc2c(O[C@@H]3C[C@H]4C(=O)C[C@]5(C(=O)NS(=O)(=O)C6(C)CC6)C[C@H]5/C=C\CCCCC[C@H](N)C(=O)N4C3)cc(OC(C)C)nc12. The van der Waals surface area contributed by atoms with Gasteiger partial charge in [-0.25, -0.2) is 13.4 Å². The molecular formula is C36H47ClN4O7S. The lowest BCUT2D eigenvalue weighted by molar-refractivity contribution is -0.140. The molecule has 5 atom stereocenters. The van der Waals surface area contributed by atoms with Crippen molar-refractivity contribution in [2.24, 2.45) is 17.1 Å². The molecule has 1 saturated heterocycles. The first kappa shape index (κ1) is 35.6. The van der Waals surface area contributed by atoms with E-state index in [4.69, 9.17) is 26.8 Å². The molecule has 266 valence electrons. The number of aryl methyl sites for hydroxylation is 1. The van der Waals surface area contributed by atoms with Crippen molar-refractivity contribution >= 4 is 50.1 Å². The number of sulfonamides is 1. The second kappa shape index (κ2) is 13.5. The Balaban J connectivity index is 1.31. The second-order valence-corrected chi connectivity index (χ2v) is 17.4. The summed E-state index contributed by atoms with van der Waals surface area (Å²) >= 11 is 6.44. The summed E-state index contributed by atoms with van der Waals surface area (Å²) in [6, 6.07) is 3.63. The number of pyridine rings is 1. The molecule has 2 saturated carbocycles. The number of fused-ring (bicyclic) bond motifs is 3. The fourth-order valence-electron chi connectivity index (χ4n) is 7.11. The lowest BCUT2D eigenvalue weighted by atomic mass is 9.91. The van der Waals surface area contributed by atoms with Gasteiger partial charge in [-0.15, -0.1) is 0 Å². The molecule has 1 aromatic heterocycles. The van der Waals surface area contributed by atoms with Gasteiger partial charge in [-0.1, -0.05) is 36.6 Å². The summed E-state index contributed by atoms with van der Waals surface area (Å²) in [5.41, 5.74) is 6.62. The van der Waals surface area contributed by atoms with E-state index in [1.54, 1.807) is 19.1 Å². The topological polar surface area (TPSA) is 158 Å². The largest absolute Gasteiger partial charge is 0.488 e. The standard InChI is InChI=1S/C36H47ClN4O7S/c1-21(2)47-31-17-30(25-12-13-26(37)22(3)32(25)39-31)48-24-16-28-29(42)19-36(34(44)40-49(45,46)35(4)14-15-35)18-23(36)10-8-6-5-7-9-11-27(38)33(43)41(28)20-24/h8,10,12-13,17,21,23-24,27-28H,5-7,9,11,14-16,18-20,38H2,1-4H3,(H,40,44)/b10-8-/t23-,24-,27+,28+,36-/m1/s1. The van der Waals surface area contributed by atoms with Crippen LogP contribution in [-0.2, 0) is 24.4 Å². The van der Waals surface area contributed by atoms with Crippen LogP contribution in [0.15, 0.2) is 30.4 Å². The van der Waals surface area contributed by atoms with Crippen molar-refractivity contribution in [2.45, 2.75) is 121 Å². The van der Waals surface area contributed by atoms with Crippen LogP contribution in [-0.4, -0.2) is 71.5 Å². The van der Waals surface area contributed by atoms with Crippen molar-refractivity contribution in [3.63, 3.8) is 0 Å². The van der Waals surface area contributed by atoms with Gasteiger partial charge in [0.05, 0.1) is 40.4 Å². The highest BCUT2D eigenvalue weighted by molar-refractivity contribution is 7.91. The highest BCUT2D eigenvalue weighted by Gasteiger charge is 2.62. The van der Waals surface area contributed by atoms with E-state index in [1.165, 1.54) is 4.90 Å². The molecule has 4 aliphatic rings. The van der Waals surface area contributed by atoms with Crippen LogP contribution >= 0.6 is 11.6 Å². The van der Waals surface area contributed by atoms with E-state index in [0.717, 1.165) is 31.2 Å². The summed E-state index contributed by atoms with van der Waals surface area (Å²) in [5.74, 6) is -0.725. The van der Waals surface area contributed by atoms with Gasteiger partial charge in [-0.2, -0.15) is 0 Å². The van der Waals surface area contributed by atoms with Crippen LogP contribution in [0.1, 0.15) is 90.5 Å². The van der Waals surface area contributed by atoms with Gasteiger partial charge in [-0.3, -0.25) is 19.1 Å². The molecule has 6 rings (SSSR count). The first-order valence-electron chi connectivity index (χ1n) is 17.4. The van der Waals surface area contributed by atoms with Crippen LogP contribution in [0.25, 0.3) is 10.9 Å². The number of hydrogen-bond acceptors (Lipinski definition) is 9. The summed E-state index contributed by atoms with van der Waals surface area (Å²) < 4.78 is 40.0. The van der Waals surface area contributed by atoms with Gasteiger partial charge in [-0.05, 0) is 89.8 Å². The fraction of sp³-hybridized carbons (Fsp3) is 0.611. The lowest BCUT2D eigenvalue weighted by Gasteiger charge is -2.27. The number of aromatic nitrogens is 1. The average molecular weight is 715 g/mol. The number of allylic oxidation sites excluding steroid dienone is 2. The molecule has 2 aliphatic heterocycles. The number of ketones is 1. The Kier molecular flexibility index (Phi) is 9.80. The minimum Gasteiger partial charge on any atom is -0.488 e. The summed E-state index contributed by atoms with van der Waals surface area (Å²) in [7, 11) is -3.90. The number of nitrogens with zero attached hydrogens (tertiary/aromatic N) is 2. The van der Waals surface area contributed by atoms with Crippen molar-refractivity contribution in [3.8, 4) is 11.6 Å². The Labute approximate surface area is 293 Å². The molecule has 0 unspecified atom stereocenters. The predicted molar refractivity (Wildman–Crippen MR) is 187 cm³/mol. The number of ether oxygens (including phenoxy) is 2. The van der Waals surface area contributed by atoms with E-state index in [2.05, 4.69) is 9.71 Å². The lowest BCUT2D eigenvalue weighted by Crippen LogP contribution is -2.50. The zero-order valence-electron chi connectivity index (χ0n) is 28.7. The molecule has 2 amide bonds. The fourth-order valence-corrected chi connectivity index (χ4v) is 8.60. The number of carbonyl (C=O) groups excluding carboxylic acids is 3. The number of Topliss-reactive ketones (excluding diaryl/α,β-unsaturated/α-hetero) is 1. The molecule has 3 N–H and O–H groups in total. The van der Waals surface area contributed by atoms with E-state index in [9.17, 15) is 22.8 Å². The molecule has 1 aromatic carbocycles. The van der Waals surface area contributed by atoms with Crippen molar-refractivity contribution in [2.75, 3.05) is 6.54 Å². The van der Waals surface area contributed by atoms with Crippen LogP contribution in [0.4, 0.5) is 0 Å². The third-order valence-corrected chi connectivity index (χ3v) is 13.2. The third kappa shape index (κ3) is 7.19. The number of nitrogens with two attached hydrogens (primary N) is 1. The smallest absolute Gasteiger partial charge is 0.240 e. The second-order valence-electron chi connectivity index (χ2n) is 14.8. The van der Waals surface area contributed by atoms with E-state index in [0.29, 0.717) is 53.2 Å². The van der Waals surface area contributed by atoms with Gasteiger partial charge in [0.2, 0.25) is 27.7 Å². The summed E-state index contributed by atoms with van der Waals surface area (Å²) in [5, 5.41) is 1.26. The van der Waals surface area contributed by atoms with Gasteiger partial charge in [0.1, 0.15) is 11.9 Å². The molecule has 2 aliphatic carbocycles. The molecular weight excluding hydrogens is 668 g/mol. The Morgan fingerprint density at radius 1 is 1.18 bits per heavy atom. The normalized spacial score (nSPS) is 29.4. The molecule has 11 nitrogen and oxygen atoms in total. The monoisotopic (exact) mass is 714 g/mol. The van der Waals surface area contributed by atoms with Crippen LogP contribution in [0.5, 0.6) is 11.6 Å². The highest BCUT2D eigenvalue weighted by atomic mass is 35.5. The van der Waals surface area contributed by atoms with Gasteiger partial charge in [0, 0.05) is 29.3 Å². The summed E-state index contributed by atoms with van der Waals surface area (Å²) in [6.07, 6.45) is 8.37. The number of halogens is 1. The Hall–Kier alpha value is -3.22. The van der Waals surface area contributed by atoms with Crippen molar-refractivity contribution < 1.29 is 32.3 Å². The van der Waals surface area contributed by atoms with Gasteiger partial charge < -0.3 is 20.1 Å². The molecule has 0 radical (unpaired) electrons. The number of rotatable bonds is 7. The zero-order valence-corrected chi connectivity index (χ0v) is 30.2. The minimum absolute atomic E-state index is 0.120. The predicted octanol–water partition coefficient (Wildman–Crippen LogP) is 5.14.